The van der Waals surface area contributed by atoms with Gasteiger partial charge in [-0.15, -0.1) is 11.3 Å². The van der Waals surface area contributed by atoms with Crippen molar-refractivity contribution >= 4 is 11.3 Å². The second kappa shape index (κ2) is 6.33. The quantitative estimate of drug-likeness (QED) is 0.922. The summed E-state index contributed by atoms with van der Waals surface area (Å²) in [5, 5.41) is 7.15. The fourth-order valence-corrected chi connectivity index (χ4v) is 4.15. The molecule has 3 nitrogen and oxygen atoms in total. The highest BCUT2D eigenvalue weighted by Gasteiger charge is 2.28. The molecule has 3 rings (SSSR count). The summed E-state index contributed by atoms with van der Waals surface area (Å²) in [6, 6.07) is 0.716. The van der Waals surface area contributed by atoms with Crippen LogP contribution in [0.2, 0.25) is 0 Å². The first-order valence-corrected chi connectivity index (χ1v) is 8.56. The lowest BCUT2D eigenvalue weighted by atomic mass is 9.83. The van der Waals surface area contributed by atoms with Crippen LogP contribution in [0.4, 0.5) is 0 Å². The van der Waals surface area contributed by atoms with Crippen LogP contribution >= 0.6 is 11.3 Å². The molecule has 0 spiro atoms. The van der Waals surface area contributed by atoms with Gasteiger partial charge in [-0.3, -0.25) is 4.90 Å². The van der Waals surface area contributed by atoms with Crippen LogP contribution in [-0.2, 0) is 6.54 Å². The molecule has 0 bridgehead atoms. The van der Waals surface area contributed by atoms with E-state index < -0.39 is 0 Å². The molecule has 1 unspecified atom stereocenters. The Bertz CT molecular complexity index is 398. The average Bonchev–Trinajstić information content (AvgIpc) is 2.85. The van der Waals surface area contributed by atoms with Crippen molar-refractivity contribution in [1.82, 2.24) is 15.2 Å². The zero-order chi connectivity index (χ0) is 13.1. The number of hydrogen-bond acceptors (Lipinski definition) is 4. The van der Waals surface area contributed by atoms with Crippen molar-refractivity contribution in [2.24, 2.45) is 5.92 Å². The van der Waals surface area contributed by atoms with E-state index in [2.05, 4.69) is 27.5 Å². The smallest absolute Gasteiger partial charge is 0.0897 e. The number of nitrogens with zero attached hydrogens (tertiary/aromatic N) is 2. The molecule has 0 radical (unpaired) electrons. The number of thiazole rings is 1. The Labute approximate surface area is 120 Å². The Hall–Kier alpha value is -0.450. The van der Waals surface area contributed by atoms with Crippen molar-refractivity contribution in [3.8, 4) is 0 Å². The van der Waals surface area contributed by atoms with Crippen LogP contribution in [0.15, 0.2) is 5.38 Å². The van der Waals surface area contributed by atoms with Gasteiger partial charge in [0.1, 0.15) is 0 Å². The first-order chi connectivity index (χ1) is 9.31. The van der Waals surface area contributed by atoms with E-state index in [1.54, 1.807) is 11.3 Å². The van der Waals surface area contributed by atoms with Gasteiger partial charge in [-0.2, -0.15) is 0 Å². The summed E-state index contributed by atoms with van der Waals surface area (Å²) < 4.78 is 0. The summed E-state index contributed by atoms with van der Waals surface area (Å²) in [4.78, 5) is 7.19. The van der Waals surface area contributed by atoms with E-state index in [-0.39, 0.29) is 0 Å². The third-order valence-corrected chi connectivity index (χ3v) is 5.38. The van der Waals surface area contributed by atoms with E-state index in [1.807, 2.05) is 0 Å². The van der Waals surface area contributed by atoms with E-state index in [0.29, 0.717) is 6.04 Å². The largest absolute Gasteiger partial charge is 0.311 e. The maximum atomic E-state index is 4.60. The lowest BCUT2D eigenvalue weighted by molar-refractivity contribution is 0.140. The van der Waals surface area contributed by atoms with Gasteiger partial charge in [0.25, 0.3) is 0 Å². The Morgan fingerprint density at radius 2 is 2.21 bits per heavy atom. The van der Waals surface area contributed by atoms with Gasteiger partial charge in [0.05, 0.1) is 10.7 Å². The minimum Gasteiger partial charge on any atom is -0.311 e. The van der Waals surface area contributed by atoms with Crippen molar-refractivity contribution in [1.29, 1.82) is 0 Å². The minimum absolute atomic E-state index is 0.716. The summed E-state index contributed by atoms with van der Waals surface area (Å²) in [6.45, 7) is 6.65. The van der Waals surface area contributed by atoms with Crippen molar-refractivity contribution in [3.63, 3.8) is 0 Å². The number of piperazine rings is 1. The zero-order valence-corrected chi connectivity index (χ0v) is 12.7. The van der Waals surface area contributed by atoms with Gasteiger partial charge in [0.15, 0.2) is 0 Å². The maximum absolute atomic E-state index is 4.60. The second-order valence-electron chi connectivity index (χ2n) is 6.05. The molecule has 1 aliphatic carbocycles. The van der Waals surface area contributed by atoms with Crippen molar-refractivity contribution in [2.45, 2.75) is 51.6 Å². The molecule has 0 aromatic carbocycles. The molecule has 2 fully saturated rings. The highest BCUT2D eigenvalue weighted by molar-refractivity contribution is 7.09. The van der Waals surface area contributed by atoms with Crippen LogP contribution in [-0.4, -0.2) is 35.6 Å². The van der Waals surface area contributed by atoms with Crippen LogP contribution < -0.4 is 5.32 Å². The Balaban J connectivity index is 1.55. The standard InChI is InChI=1S/C15H25N3S/c1-12-17-14(11-19-12)9-18-8-7-16-15(10-18)13-5-3-2-4-6-13/h11,13,15-16H,2-10H2,1H3. The van der Waals surface area contributed by atoms with E-state index in [1.165, 1.54) is 55.9 Å². The Kier molecular flexibility index (Phi) is 4.51. The van der Waals surface area contributed by atoms with Gasteiger partial charge >= 0.3 is 0 Å². The van der Waals surface area contributed by atoms with Gasteiger partial charge in [-0.1, -0.05) is 19.3 Å². The number of hydrogen-bond donors (Lipinski definition) is 1. The summed E-state index contributed by atoms with van der Waals surface area (Å²) in [7, 11) is 0. The van der Waals surface area contributed by atoms with Gasteiger partial charge in [-0.05, 0) is 25.7 Å². The number of nitrogens with one attached hydrogen (secondary N) is 1. The molecule has 1 saturated heterocycles. The van der Waals surface area contributed by atoms with E-state index in [0.717, 1.165) is 19.0 Å². The number of rotatable bonds is 3. The van der Waals surface area contributed by atoms with Gasteiger partial charge in [0, 0.05) is 37.6 Å². The number of aromatic nitrogens is 1. The molecular formula is C15H25N3S. The fourth-order valence-electron chi connectivity index (χ4n) is 3.55. The molecule has 1 aromatic heterocycles. The highest BCUT2D eigenvalue weighted by Crippen LogP contribution is 2.28. The predicted molar refractivity (Wildman–Crippen MR) is 80.5 cm³/mol. The van der Waals surface area contributed by atoms with Crippen molar-refractivity contribution in [2.75, 3.05) is 19.6 Å². The monoisotopic (exact) mass is 279 g/mol. The Morgan fingerprint density at radius 3 is 2.95 bits per heavy atom. The van der Waals surface area contributed by atoms with Crippen LogP contribution in [0.25, 0.3) is 0 Å². The van der Waals surface area contributed by atoms with Crippen LogP contribution in [0.1, 0.15) is 42.8 Å². The molecule has 1 N–H and O–H groups in total. The van der Waals surface area contributed by atoms with E-state index >= 15 is 0 Å². The molecule has 1 aromatic rings. The molecule has 2 aliphatic rings. The highest BCUT2D eigenvalue weighted by atomic mass is 32.1. The summed E-state index contributed by atoms with van der Waals surface area (Å²) in [5.74, 6) is 0.911. The van der Waals surface area contributed by atoms with Crippen LogP contribution in [0.5, 0.6) is 0 Å². The lowest BCUT2D eigenvalue weighted by Gasteiger charge is -2.39. The van der Waals surface area contributed by atoms with Gasteiger partial charge < -0.3 is 5.32 Å². The normalized spacial score (nSPS) is 26.7. The first-order valence-electron chi connectivity index (χ1n) is 7.68. The number of aryl methyl sites for hydroxylation is 1. The zero-order valence-electron chi connectivity index (χ0n) is 11.9. The average molecular weight is 279 g/mol. The SMILES string of the molecule is Cc1nc(CN2CCNC(C3CCCCC3)C2)cs1. The van der Waals surface area contributed by atoms with Crippen molar-refractivity contribution in [3.05, 3.63) is 16.1 Å². The maximum Gasteiger partial charge on any atom is 0.0897 e. The molecule has 0 amide bonds. The van der Waals surface area contributed by atoms with E-state index in [4.69, 9.17) is 0 Å². The molecule has 1 atom stereocenters. The summed E-state index contributed by atoms with van der Waals surface area (Å²) in [5.41, 5.74) is 1.26. The van der Waals surface area contributed by atoms with Crippen molar-refractivity contribution < 1.29 is 0 Å². The van der Waals surface area contributed by atoms with Crippen LogP contribution in [0.3, 0.4) is 0 Å². The summed E-state index contributed by atoms with van der Waals surface area (Å²) in [6.07, 6.45) is 7.19. The molecule has 4 heteroatoms. The third kappa shape index (κ3) is 3.56. The summed E-state index contributed by atoms with van der Waals surface area (Å²) >= 11 is 1.77. The molecule has 106 valence electrons. The molecular weight excluding hydrogens is 254 g/mol. The van der Waals surface area contributed by atoms with Crippen LogP contribution in [0, 0.1) is 12.8 Å². The minimum atomic E-state index is 0.716. The van der Waals surface area contributed by atoms with Gasteiger partial charge in [0.2, 0.25) is 0 Å². The lowest BCUT2D eigenvalue weighted by Crippen LogP contribution is -2.53. The van der Waals surface area contributed by atoms with E-state index in [9.17, 15) is 0 Å². The molecule has 19 heavy (non-hydrogen) atoms. The Morgan fingerprint density at radius 1 is 1.37 bits per heavy atom. The molecule has 1 aliphatic heterocycles. The molecule has 1 saturated carbocycles. The van der Waals surface area contributed by atoms with Gasteiger partial charge in [-0.25, -0.2) is 4.98 Å². The fraction of sp³-hybridized carbons (Fsp3) is 0.800. The molecule has 2 heterocycles. The first kappa shape index (κ1) is 13.5. The topological polar surface area (TPSA) is 28.2 Å². The third-order valence-electron chi connectivity index (χ3n) is 4.56. The predicted octanol–water partition coefficient (Wildman–Crippen LogP) is 2.81. The second-order valence-corrected chi connectivity index (χ2v) is 7.11.